The van der Waals surface area contributed by atoms with Crippen LogP contribution >= 0.6 is 0 Å². The van der Waals surface area contributed by atoms with Crippen LogP contribution in [-0.2, 0) is 14.3 Å². The lowest BCUT2D eigenvalue weighted by atomic mass is 9.97. The zero-order chi connectivity index (χ0) is 12.0. The van der Waals surface area contributed by atoms with E-state index in [-0.39, 0.29) is 0 Å². The Morgan fingerprint density at radius 2 is 2.12 bits per heavy atom. The first-order valence-corrected chi connectivity index (χ1v) is 5.80. The fraction of sp³-hybridized carbons (Fsp3) is 0.909. The number of hydrogen-bond acceptors (Lipinski definition) is 4. The van der Waals surface area contributed by atoms with Crippen LogP contribution in [0.25, 0.3) is 0 Å². The molecule has 0 aliphatic carbocycles. The van der Waals surface area contributed by atoms with E-state index in [1.54, 1.807) is 6.92 Å². The molecular weight excluding hydrogens is 208 g/mol. The molecular formula is C11H22N2O3. The molecule has 1 aliphatic rings. The Kier molecular flexibility index (Phi) is 5.18. The van der Waals surface area contributed by atoms with Gasteiger partial charge in [0.1, 0.15) is 0 Å². The minimum Gasteiger partial charge on any atom is -0.381 e. The van der Waals surface area contributed by atoms with Crippen molar-refractivity contribution in [1.29, 1.82) is 0 Å². The number of primary amides is 1. The summed E-state index contributed by atoms with van der Waals surface area (Å²) in [6.07, 6.45) is 3.52. The summed E-state index contributed by atoms with van der Waals surface area (Å²) >= 11 is 0. The molecule has 5 heteroatoms. The van der Waals surface area contributed by atoms with Gasteiger partial charge in [0.15, 0.2) is 0 Å². The van der Waals surface area contributed by atoms with E-state index in [0.29, 0.717) is 19.1 Å². The van der Waals surface area contributed by atoms with Gasteiger partial charge in [0.2, 0.25) is 5.91 Å². The van der Waals surface area contributed by atoms with Gasteiger partial charge in [-0.3, -0.25) is 4.79 Å². The largest absolute Gasteiger partial charge is 0.381 e. The van der Waals surface area contributed by atoms with Gasteiger partial charge >= 0.3 is 0 Å². The lowest BCUT2D eigenvalue weighted by Crippen LogP contribution is -2.49. The zero-order valence-corrected chi connectivity index (χ0v) is 9.91. The third-order valence-electron chi connectivity index (χ3n) is 2.93. The molecule has 16 heavy (non-hydrogen) atoms. The number of rotatable bonds is 6. The van der Waals surface area contributed by atoms with E-state index in [9.17, 15) is 4.79 Å². The lowest BCUT2D eigenvalue weighted by Gasteiger charge is -2.24. The Balaban J connectivity index is 2.09. The van der Waals surface area contributed by atoms with Crippen molar-refractivity contribution in [2.24, 2.45) is 11.5 Å². The van der Waals surface area contributed by atoms with Gasteiger partial charge in [0.05, 0.1) is 11.6 Å². The van der Waals surface area contributed by atoms with E-state index in [0.717, 1.165) is 32.5 Å². The molecule has 1 heterocycles. The second-order valence-electron chi connectivity index (χ2n) is 4.57. The maximum absolute atomic E-state index is 11.0. The smallest absolute Gasteiger partial charge is 0.237 e. The third-order valence-corrected chi connectivity index (χ3v) is 2.93. The summed E-state index contributed by atoms with van der Waals surface area (Å²) in [5.41, 5.74) is 9.99. The summed E-state index contributed by atoms with van der Waals surface area (Å²) in [6.45, 7) is 3.84. The number of ether oxygens (including phenoxy) is 2. The van der Waals surface area contributed by atoms with Crippen molar-refractivity contribution >= 4 is 5.91 Å². The van der Waals surface area contributed by atoms with E-state index in [2.05, 4.69) is 0 Å². The summed E-state index contributed by atoms with van der Waals surface area (Å²) < 4.78 is 10.9. The van der Waals surface area contributed by atoms with Crippen molar-refractivity contribution in [3.8, 4) is 0 Å². The summed E-state index contributed by atoms with van der Waals surface area (Å²) in [5.74, 6) is -0.460. The molecule has 0 aromatic heterocycles. The van der Waals surface area contributed by atoms with E-state index in [4.69, 9.17) is 20.9 Å². The second-order valence-corrected chi connectivity index (χ2v) is 4.57. The minimum absolute atomic E-state index is 0.298. The fourth-order valence-corrected chi connectivity index (χ4v) is 1.66. The molecule has 1 rings (SSSR count). The number of carbonyl (C=O) groups excluding carboxylic acids is 1. The Hall–Kier alpha value is -0.650. The Labute approximate surface area is 96.5 Å². The molecule has 5 nitrogen and oxygen atoms in total. The van der Waals surface area contributed by atoms with Gasteiger partial charge in [0, 0.05) is 19.8 Å². The fourth-order valence-electron chi connectivity index (χ4n) is 1.66. The van der Waals surface area contributed by atoms with Crippen molar-refractivity contribution < 1.29 is 14.3 Å². The van der Waals surface area contributed by atoms with Crippen LogP contribution in [0.2, 0.25) is 0 Å². The number of carbonyl (C=O) groups is 1. The monoisotopic (exact) mass is 230 g/mol. The zero-order valence-electron chi connectivity index (χ0n) is 9.91. The van der Waals surface area contributed by atoms with Crippen LogP contribution in [0.3, 0.4) is 0 Å². The molecule has 0 saturated carbocycles. The molecule has 1 aliphatic heterocycles. The molecule has 1 amide bonds. The van der Waals surface area contributed by atoms with E-state index in [1.165, 1.54) is 0 Å². The average molecular weight is 230 g/mol. The Morgan fingerprint density at radius 1 is 1.50 bits per heavy atom. The summed E-state index contributed by atoms with van der Waals surface area (Å²) in [4.78, 5) is 11.0. The van der Waals surface area contributed by atoms with Crippen LogP contribution in [0.5, 0.6) is 0 Å². The molecule has 0 radical (unpaired) electrons. The molecule has 0 aromatic carbocycles. The summed E-state index contributed by atoms with van der Waals surface area (Å²) in [5, 5.41) is 0. The Bertz CT molecular complexity index is 225. The first-order valence-electron chi connectivity index (χ1n) is 5.80. The maximum atomic E-state index is 11.0. The Morgan fingerprint density at radius 3 is 2.69 bits per heavy atom. The van der Waals surface area contributed by atoms with Gasteiger partial charge in [-0.2, -0.15) is 0 Å². The standard InChI is InChI=1S/C11H22N2O3/c1-11(13,10(12)14)5-2-6-16-9-3-7-15-8-4-9/h9H,2-8,13H2,1H3,(H2,12,14). The lowest BCUT2D eigenvalue weighted by molar-refractivity contribution is -0.122. The van der Waals surface area contributed by atoms with Gasteiger partial charge in [0.25, 0.3) is 0 Å². The van der Waals surface area contributed by atoms with Crippen molar-refractivity contribution in [3.63, 3.8) is 0 Å². The SMILES string of the molecule is CC(N)(CCCOC1CCOCC1)C(N)=O. The molecule has 1 saturated heterocycles. The topological polar surface area (TPSA) is 87.6 Å². The van der Waals surface area contributed by atoms with E-state index < -0.39 is 11.4 Å². The maximum Gasteiger partial charge on any atom is 0.237 e. The number of nitrogens with two attached hydrogens (primary N) is 2. The minimum atomic E-state index is -0.918. The van der Waals surface area contributed by atoms with Crippen molar-refractivity contribution in [2.45, 2.75) is 44.2 Å². The van der Waals surface area contributed by atoms with Gasteiger partial charge < -0.3 is 20.9 Å². The van der Waals surface area contributed by atoms with Crippen LogP contribution < -0.4 is 11.5 Å². The number of hydrogen-bond donors (Lipinski definition) is 2. The van der Waals surface area contributed by atoms with Crippen LogP contribution in [0, 0.1) is 0 Å². The molecule has 0 bridgehead atoms. The molecule has 1 unspecified atom stereocenters. The van der Waals surface area contributed by atoms with Crippen molar-refractivity contribution in [3.05, 3.63) is 0 Å². The third kappa shape index (κ3) is 4.47. The predicted molar refractivity (Wildman–Crippen MR) is 60.8 cm³/mol. The molecule has 1 atom stereocenters. The highest BCUT2D eigenvalue weighted by Gasteiger charge is 2.24. The summed E-state index contributed by atoms with van der Waals surface area (Å²) in [6, 6.07) is 0. The molecule has 4 N–H and O–H groups in total. The highest BCUT2D eigenvalue weighted by molar-refractivity contribution is 5.83. The molecule has 94 valence electrons. The van der Waals surface area contributed by atoms with Gasteiger partial charge in [-0.1, -0.05) is 0 Å². The van der Waals surface area contributed by atoms with Gasteiger partial charge in [-0.15, -0.1) is 0 Å². The normalized spacial score (nSPS) is 21.6. The second kappa shape index (κ2) is 6.18. The van der Waals surface area contributed by atoms with Crippen molar-refractivity contribution in [2.75, 3.05) is 19.8 Å². The first kappa shape index (κ1) is 13.4. The van der Waals surface area contributed by atoms with E-state index >= 15 is 0 Å². The quantitative estimate of drug-likeness (QED) is 0.636. The van der Waals surface area contributed by atoms with Crippen LogP contribution in [0.1, 0.15) is 32.6 Å². The highest BCUT2D eigenvalue weighted by Crippen LogP contribution is 2.13. The van der Waals surface area contributed by atoms with Crippen LogP contribution in [0.4, 0.5) is 0 Å². The van der Waals surface area contributed by atoms with Crippen LogP contribution in [-0.4, -0.2) is 37.4 Å². The van der Waals surface area contributed by atoms with Gasteiger partial charge in [-0.25, -0.2) is 0 Å². The highest BCUT2D eigenvalue weighted by atomic mass is 16.5. The van der Waals surface area contributed by atoms with Gasteiger partial charge in [-0.05, 0) is 32.6 Å². The summed E-state index contributed by atoms with van der Waals surface area (Å²) in [7, 11) is 0. The van der Waals surface area contributed by atoms with E-state index in [1.807, 2.05) is 0 Å². The average Bonchev–Trinajstić information content (AvgIpc) is 2.26. The molecule has 1 fully saturated rings. The number of amides is 1. The molecule has 0 spiro atoms. The first-order chi connectivity index (χ1) is 7.52. The predicted octanol–water partition coefficient (Wildman–Crippen LogP) is 0.165. The molecule has 0 aromatic rings. The van der Waals surface area contributed by atoms with Crippen LogP contribution in [0.15, 0.2) is 0 Å². The van der Waals surface area contributed by atoms with Crippen molar-refractivity contribution in [1.82, 2.24) is 0 Å².